The van der Waals surface area contributed by atoms with Crippen molar-refractivity contribution in [3.63, 3.8) is 0 Å². The lowest BCUT2D eigenvalue weighted by Gasteiger charge is -2.28. The van der Waals surface area contributed by atoms with E-state index in [1.54, 1.807) is 0 Å². The highest BCUT2D eigenvalue weighted by atomic mass is 15.3. The SMILES string of the molecule is CCc1cc(CN2CCCCCC2CN)n(CC)n1. The van der Waals surface area contributed by atoms with Crippen molar-refractivity contribution in [1.29, 1.82) is 0 Å². The number of hydrogen-bond acceptors (Lipinski definition) is 3. The summed E-state index contributed by atoms with van der Waals surface area (Å²) in [6.07, 6.45) is 6.24. The van der Waals surface area contributed by atoms with Gasteiger partial charge in [0.15, 0.2) is 0 Å². The molecule has 1 aromatic rings. The summed E-state index contributed by atoms with van der Waals surface area (Å²) in [5, 5.41) is 4.65. The van der Waals surface area contributed by atoms with Gasteiger partial charge < -0.3 is 5.73 Å². The Morgan fingerprint density at radius 3 is 2.84 bits per heavy atom. The van der Waals surface area contributed by atoms with Crippen LogP contribution in [-0.2, 0) is 19.5 Å². The van der Waals surface area contributed by atoms with Gasteiger partial charge in [0.1, 0.15) is 0 Å². The van der Waals surface area contributed by atoms with Crippen molar-refractivity contribution in [2.24, 2.45) is 5.73 Å². The third-order valence-corrected chi connectivity index (χ3v) is 4.21. The highest BCUT2D eigenvalue weighted by molar-refractivity contribution is 5.10. The van der Waals surface area contributed by atoms with Gasteiger partial charge in [-0.25, -0.2) is 0 Å². The minimum absolute atomic E-state index is 0.549. The fourth-order valence-electron chi connectivity index (χ4n) is 3.01. The second-order valence-electron chi connectivity index (χ2n) is 5.51. The van der Waals surface area contributed by atoms with Gasteiger partial charge in [0.05, 0.1) is 11.4 Å². The minimum atomic E-state index is 0.549. The molecule has 2 N–H and O–H groups in total. The molecule has 2 heterocycles. The van der Waals surface area contributed by atoms with Crippen molar-refractivity contribution < 1.29 is 0 Å². The molecule has 2 rings (SSSR count). The third kappa shape index (κ3) is 3.57. The molecule has 0 spiro atoms. The average molecular weight is 264 g/mol. The zero-order valence-electron chi connectivity index (χ0n) is 12.4. The molecule has 1 aliphatic rings. The van der Waals surface area contributed by atoms with E-state index >= 15 is 0 Å². The highest BCUT2D eigenvalue weighted by Crippen LogP contribution is 2.19. The summed E-state index contributed by atoms with van der Waals surface area (Å²) in [5.41, 5.74) is 8.51. The minimum Gasteiger partial charge on any atom is -0.329 e. The standard InChI is InChI=1S/C15H28N4/c1-3-13-10-15(19(4-2)17-13)12-18-9-7-5-6-8-14(18)11-16/h10,14H,3-9,11-12,16H2,1-2H3. The van der Waals surface area contributed by atoms with Gasteiger partial charge in [0.2, 0.25) is 0 Å². The van der Waals surface area contributed by atoms with Gasteiger partial charge in [0.25, 0.3) is 0 Å². The fraction of sp³-hybridized carbons (Fsp3) is 0.800. The van der Waals surface area contributed by atoms with Crippen LogP contribution in [0.1, 0.15) is 50.9 Å². The van der Waals surface area contributed by atoms with Crippen LogP contribution in [0.15, 0.2) is 6.07 Å². The normalized spacial score (nSPS) is 21.5. The third-order valence-electron chi connectivity index (χ3n) is 4.21. The topological polar surface area (TPSA) is 47.1 Å². The molecule has 4 nitrogen and oxygen atoms in total. The van der Waals surface area contributed by atoms with E-state index in [0.29, 0.717) is 6.04 Å². The Morgan fingerprint density at radius 1 is 1.32 bits per heavy atom. The molecule has 4 heteroatoms. The molecule has 1 unspecified atom stereocenters. The van der Waals surface area contributed by atoms with E-state index in [0.717, 1.165) is 26.1 Å². The predicted octanol–water partition coefficient (Wildman–Crippen LogP) is 2.17. The molecule has 0 bridgehead atoms. The van der Waals surface area contributed by atoms with Gasteiger partial charge in [-0.15, -0.1) is 0 Å². The summed E-state index contributed by atoms with van der Waals surface area (Å²) >= 11 is 0. The molecule has 0 amide bonds. The molecule has 108 valence electrons. The van der Waals surface area contributed by atoms with Crippen molar-refractivity contribution >= 4 is 0 Å². The Hall–Kier alpha value is -0.870. The number of aromatic nitrogens is 2. The van der Waals surface area contributed by atoms with Crippen LogP contribution >= 0.6 is 0 Å². The van der Waals surface area contributed by atoms with Gasteiger partial charge in [0, 0.05) is 25.7 Å². The van der Waals surface area contributed by atoms with Crippen LogP contribution in [0, 0.1) is 0 Å². The van der Waals surface area contributed by atoms with Crippen LogP contribution in [0.25, 0.3) is 0 Å². The van der Waals surface area contributed by atoms with Crippen LogP contribution in [-0.4, -0.2) is 33.8 Å². The quantitative estimate of drug-likeness (QED) is 0.886. The first-order valence-corrected chi connectivity index (χ1v) is 7.78. The molecule has 1 aliphatic heterocycles. The molecule has 0 aromatic carbocycles. The van der Waals surface area contributed by atoms with Gasteiger partial charge in [-0.3, -0.25) is 9.58 Å². The molecule has 19 heavy (non-hydrogen) atoms. The van der Waals surface area contributed by atoms with E-state index in [2.05, 4.69) is 34.6 Å². The van der Waals surface area contributed by atoms with E-state index < -0.39 is 0 Å². The summed E-state index contributed by atoms with van der Waals surface area (Å²) in [7, 11) is 0. The summed E-state index contributed by atoms with van der Waals surface area (Å²) < 4.78 is 2.15. The highest BCUT2D eigenvalue weighted by Gasteiger charge is 2.21. The number of hydrogen-bond donors (Lipinski definition) is 1. The monoisotopic (exact) mass is 264 g/mol. The molecule has 0 aliphatic carbocycles. The lowest BCUT2D eigenvalue weighted by atomic mass is 10.1. The molecule has 1 aromatic heterocycles. The summed E-state index contributed by atoms with van der Waals surface area (Å²) in [6.45, 7) is 8.25. The maximum absolute atomic E-state index is 5.95. The maximum Gasteiger partial charge on any atom is 0.0625 e. The molecule has 1 saturated heterocycles. The zero-order valence-corrected chi connectivity index (χ0v) is 12.4. The number of rotatable bonds is 5. The van der Waals surface area contributed by atoms with Crippen molar-refractivity contribution in [3.8, 4) is 0 Å². The lowest BCUT2D eigenvalue weighted by Crippen LogP contribution is -2.40. The Kier molecular flexibility index (Phi) is 5.40. The first-order valence-electron chi connectivity index (χ1n) is 7.78. The number of nitrogens with zero attached hydrogens (tertiary/aromatic N) is 3. The average Bonchev–Trinajstić information content (AvgIpc) is 2.69. The van der Waals surface area contributed by atoms with Crippen LogP contribution in [0.2, 0.25) is 0 Å². The number of nitrogens with two attached hydrogens (primary N) is 1. The van der Waals surface area contributed by atoms with Gasteiger partial charge in [-0.05, 0) is 38.8 Å². The Morgan fingerprint density at radius 2 is 2.16 bits per heavy atom. The maximum atomic E-state index is 5.95. The Bertz CT molecular complexity index is 385. The van der Waals surface area contributed by atoms with Crippen molar-refractivity contribution in [2.75, 3.05) is 13.1 Å². The van der Waals surface area contributed by atoms with Crippen LogP contribution in [0.4, 0.5) is 0 Å². The molecular formula is C15H28N4. The van der Waals surface area contributed by atoms with Crippen LogP contribution in [0.5, 0.6) is 0 Å². The smallest absolute Gasteiger partial charge is 0.0625 e. The van der Waals surface area contributed by atoms with Crippen molar-refractivity contribution in [2.45, 2.75) is 65.1 Å². The molecule has 0 saturated carbocycles. The number of likely N-dealkylation sites (tertiary alicyclic amines) is 1. The Balaban J connectivity index is 2.11. The zero-order chi connectivity index (χ0) is 13.7. The second kappa shape index (κ2) is 7.06. The van der Waals surface area contributed by atoms with E-state index in [1.807, 2.05) is 0 Å². The Labute approximate surface area is 117 Å². The van der Waals surface area contributed by atoms with E-state index in [-0.39, 0.29) is 0 Å². The predicted molar refractivity (Wildman–Crippen MR) is 79.0 cm³/mol. The second-order valence-corrected chi connectivity index (χ2v) is 5.51. The molecule has 0 radical (unpaired) electrons. The van der Waals surface area contributed by atoms with E-state index in [9.17, 15) is 0 Å². The summed E-state index contributed by atoms with van der Waals surface area (Å²) in [6, 6.07) is 2.81. The van der Waals surface area contributed by atoms with Crippen molar-refractivity contribution in [3.05, 3.63) is 17.5 Å². The summed E-state index contributed by atoms with van der Waals surface area (Å²) in [5.74, 6) is 0. The molecular weight excluding hydrogens is 236 g/mol. The van der Waals surface area contributed by atoms with Crippen molar-refractivity contribution in [1.82, 2.24) is 14.7 Å². The summed E-state index contributed by atoms with van der Waals surface area (Å²) in [4.78, 5) is 2.57. The lowest BCUT2D eigenvalue weighted by molar-refractivity contribution is 0.190. The van der Waals surface area contributed by atoms with Gasteiger partial charge in [-0.2, -0.15) is 5.10 Å². The van der Waals surface area contributed by atoms with Gasteiger partial charge in [-0.1, -0.05) is 19.8 Å². The van der Waals surface area contributed by atoms with Crippen LogP contribution in [0.3, 0.4) is 0 Å². The van der Waals surface area contributed by atoms with E-state index in [4.69, 9.17) is 5.73 Å². The number of aryl methyl sites for hydroxylation is 2. The van der Waals surface area contributed by atoms with E-state index in [1.165, 1.54) is 43.6 Å². The first kappa shape index (κ1) is 14.5. The largest absolute Gasteiger partial charge is 0.329 e. The first-order chi connectivity index (χ1) is 9.28. The fourth-order valence-corrected chi connectivity index (χ4v) is 3.01. The molecule has 1 atom stereocenters. The molecule has 1 fully saturated rings. The van der Waals surface area contributed by atoms with Gasteiger partial charge >= 0.3 is 0 Å². The van der Waals surface area contributed by atoms with Crippen LogP contribution < -0.4 is 5.73 Å².